The Balaban J connectivity index is 1.62. The van der Waals surface area contributed by atoms with E-state index in [1.54, 1.807) is 4.90 Å². The molecule has 0 bridgehead atoms. The van der Waals surface area contributed by atoms with Crippen LogP contribution in [0.25, 0.3) is 16.9 Å². The van der Waals surface area contributed by atoms with E-state index in [0.29, 0.717) is 18.9 Å². The normalized spacial score (nSPS) is 10.9. The van der Waals surface area contributed by atoms with Gasteiger partial charge in [-0.1, -0.05) is 80.6 Å². The molecule has 2 amide bonds. The van der Waals surface area contributed by atoms with Crippen LogP contribution in [0.3, 0.4) is 0 Å². The van der Waals surface area contributed by atoms with Crippen molar-refractivity contribution in [3.05, 3.63) is 102 Å². The summed E-state index contributed by atoms with van der Waals surface area (Å²) in [6.45, 7) is 8.46. The molecule has 1 N–H and O–H groups in total. The summed E-state index contributed by atoms with van der Waals surface area (Å²) in [5, 5.41) is 2.98. The zero-order chi connectivity index (χ0) is 26.4. The first kappa shape index (κ1) is 25.9. The molecule has 0 aliphatic heterocycles. The molecular formula is C31H34N4O2. The number of carbonyl (C=O) groups is 2. The second-order valence-electron chi connectivity index (χ2n) is 9.84. The number of hydrogen-bond donors (Lipinski definition) is 1. The summed E-state index contributed by atoms with van der Waals surface area (Å²) in [6, 6.07) is 25.8. The molecule has 0 aliphatic rings. The van der Waals surface area contributed by atoms with Gasteiger partial charge in [-0.3, -0.25) is 19.5 Å². The summed E-state index contributed by atoms with van der Waals surface area (Å²) in [4.78, 5) is 32.7. The Kier molecular flexibility index (Phi) is 8.18. The highest BCUT2D eigenvalue weighted by molar-refractivity contribution is 5.94. The number of benzene rings is 3. The van der Waals surface area contributed by atoms with Crippen LogP contribution in [0.15, 0.2) is 85.1 Å². The number of nitrogens with one attached hydrogen (secondary N) is 1. The fourth-order valence-corrected chi connectivity index (χ4v) is 4.14. The molecule has 1 heterocycles. The predicted octanol–water partition coefficient (Wildman–Crippen LogP) is 6.17. The van der Waals surface area contributed by atoms with E-state index in [1.807, 2.05) is 91.3 Å². The van der Waals surface area contributed by atoms with E-state index in [2.05, 4.69) is 31.3 Å². The van der Waals surface area contributed by atoms with Crippen LogP contribution in [0, 0.1) is 19.8 Å². The quantitative estimate of drug-likeness (QED) is 0.303. The van der Waals surface area contributed by atoms with Crippen LogP contribution in [0.1, 0.15) is 37.0 Å². The third-order valence-corrected chi connectivity index (χ3v) is 6.28. The summed E-state index contributed by atoms with van der Waals surface area (Å²) in [7, 11) is 0. The Bertz CT molecular complexity index is 1360. The summed E-state index contributed by atoms with van der Waals surface area (Å²) in [6.07, 6.45) is 2.32. The molecule has 190 valence electrons. The maximum Gasteiger partial charge on any atom is 0.246 e. The third kappa shape index (κ3) is 6.73. The van der Waals surface area contributed by atoms with E-state index in [1.165, 1.54) is 5.56 Å². The fraction of sp³-hybridized carbons (Fsp3) is 0.258. The van der Waals surface area contributed by atoms with Crippen LogP contribution < -0.4 is 5.32 Å². The van der Waals surface area contributed by atoms with Gasteiger partial charge in [-0.15, -0.1) is 0 Å². The van der Waals surface area contributed by atoms with Gasteiger partial charge in [-0.25, -0.2) is 4.98 Å². The van der Waals surface area contributed by atoms with E-state index < -0.39 is 0 Å². The van der Waals surface area contributed by atoms with E-state index in [0.717, 1.165) is 28.1 Å². The molecule has 4 aromatic rings. The SMILES string of the molecule is Cc1ccc(-n2cc(-c3ccccc3)nc2NC(=O)CN(Cc2ccccc2)C(=O)CC(C)C)cc1C. The van der Waals surface area contributed by atoms with Gasteiger partial charge in [0, 0.05) is 30.4 Å². The molecule has 6 heteroatoms. The van der Waals surface area contributed by atoms with Gasteiger partial charge in [0.25, 0.3) is 0 Å². The largest absolute Gasteiger partial charge is 0.329 e. The molecule has 0 saturated heterocycles. The van der Waals surface area contributed by atoms with Crippen LogP contribution >= 0.6 is 0 Å². The number of aromatic nitrogens is 2. The molecule has 3 aromatic carbocycles. The Morgan fingerprint density at radius 3 is 2.24 bits per heavy atom. The lowest BCUT2D eigenvalue weighted by Gasteiger charge is -2.23. The van der Waals surface area contributed by atoms with Crippen molar-refractivity contribution in [2.24, 2.45) is 5.92 Å². The van der Waals surface area contributed by atoms with Crippen molar-refractivity contribution in [2.75, 3.05) is 11.9 Å². The summed E-state index contributed by atoms with van der Waals surface area (Å²) >= 11 is 0. The molecule has 0 unspecified atom stereocenters. The summed E-state index contributed by atoms with van der Waals surface area (Å²) in [5.41, 5.74) is 5.95. The minimum absolute atomic E-state index is 0.0449. The third-order valence-electron chi connectivity index (χ3n) is 6.28. The molecule has 0 atom stereocenters. The van der Waals surface area contributed by atoms with Crippen molar-refractivity contribution in [3.8, 4) is 16.9 Å². The first-order valence-electron chi connectivity index (χ1n) is 12.6. The first-order chi connectivity index (χ1) is 17.8. The average molecular weight is 495 g/mol. The minimum Gasteiger partial charge on any atom is -0.329 e. The number of amides is 2. The van der Waals surface area contributed by atoms with Crippen molar-refractivity contribution in [3.63, 3.8) is 0 Å². The molecule has 0 saturated carbocycles. The number of anilines is 1. The summed E-state index contributed by atoms with van der Waals surface area (Å²) in [5.74, 6) is 0.286. The molecule has 0 fully saturated rings. The zero-order valence-electron chi connectivity index (χ0n) is 21.9. The molecular weight excluding hydrogens is 460 g/mol. The summed E-state index contributed by atoms with van der Waals surface area (Å²) < 4.78 is 1.89. The Morgan fingerprint density at radius 1 is 0.919 bits per heavy atom. The Labute approximate surface area is 219 Å². The van der Waals surface area contributed by atoms with Gasteiger partial charge >= 0.3 is 0 Å². The lowest BCUT2D eigenvalue weighted by molar-refractivity contribution is -0.136. The van der Waals surface area contributed by atoms with Crippen molar-refractivity contribution < 1.29 is 9.59 Å². The fourth-order valence-electron chi connectivity index (χ4n) is 4.14. The Morgan fingerprint density at radius 2 is 1.59 bits per heavy atom. The molecule has 6 nitrogen and oxygen atoms in total. The van der Waals surface area contributed by atoms with Crippen LogP contribution in [0.5, 0.6) is 0 Å². The van der Waals surface area contributed by atoms with Crippen molar-refractivity contribution in [1.82, 2.24) is 14.5 Å². The van der Waals surface area contributed by atoms with E-state index in [9.17, 15) is 9.59 Å². The van der Waals surface area contributed by atoms with Crippen LogP contribution in [0.2, 0.25) is 0 Å². The highest BCUT2D eigenvalue weighted by Gasteiger charge is 2.21. The first-order valence-corrected chi connectivity index (χ1v) is 12.6. The van der Waals surface area contributed by atoms with Crippen molar-refractivity contribution in [2.45, 2.75) is 40.7 Å². The van der Waals surface area contributed by atoms with E-state index in [4.69, 9.17) is 4.98 Å². The van der Waals surface area contributed by atoms with Gasteiger partial charge < -0.3 is 4.90 Å². The van der Waals surface area contributed by atoms with Crippen molar-refractivity contribution in [1.29, 1.82) is 0 Å². The second kappa shape index (κ2) is 11.7. The van der Waals surface area contributed by atoms with Gasteiger partial charge in [0.05, 0.1) is 5.69 Å². The maximum absolute atomic E-state index is 13.3. The number of nitrogens with zero attached hydrogens (tertiary/aromatic N) is 3. The molecule has 37 heavy (non-hydrogen) atoms. The van der Waals surface area contributed by atoms with Gasteiger partial charge in [0.2, 0.25) is 17.8 Å². The maximum atomic E-state index is 13.3. The number of hydrogen-bond acceptors (Lipinski definition) is 3. The number of rotatable bonds is 9. The topological polar surface area (TPSA) is 67.2 Å². The van der Waals surface area contributed by atoms with Crippen LogP contribution in [0.4, 0.5) is 5.95 Å². The molecule has 4 rings (SSSR count). The van der Waals surface area contributed by atoms with Gasteiger partial charge in [0.15, 0.2) is 0 Å². The standard InChI is InChI=1S/C31H34N4O2/c1-22(2)17-30(37)34(19-25-11-7-5-8-12-25)21-29(36)33-31-32-28(26-13-9-6-10-14-26)20-35(31)27-16-15-23(3)24(4)18-27/h5-16,18,20,22H,17,19,21H2,1-4H3,(H,32,33,36). The molecule has 0 aliphatic carbocycles. The van der Waals surface area contributed by atoms with Gasteiger partial charge in [-0.05, 0) is 48.6 Å². The Hall–Kier alpha value is -4.19. The number of carbonyl (C=O) groups excluding carboxylic acids is 2. The van der Waals surface area contributed by atoms with Crippen LogP contribution in [-0.4, -0.2) is 32.8 Å². The molecule has 1 aromatic heterocycles. The highest BCUT2D eigenvalue weighted by atomic mass is 16.2. The zero-order valence-corrected chi connectivity index (χ0v) is 21.9. The molecule has 0 radical (unpaired) electrons. The smallest absolute Gasteiger partial charge is 0.246 e. The minimum atomic E-state index is -0.289. The highest BCUT2D eigenvalue weighted by Crippen LogP contribution is 2.25. The predicted molar refractivity (Wildman–Crippen MR) is 148 cm³/mol. The lowest BCUT2D eigenvalue weighted by atomic mass is 10.1. The number of aryl methyl sites for hydroxylation is 2. The van der Waals surface area contributed by atoms with E-state index in [-0.39, 0.29) is 24.3 Å². The van der Waals surface area contributed by atoms with Crippen molar-refractivity contribution >= 4 is 17.8 Å². The average Bonchev–Trinajstić information content (AvgIpc) is 3.29. The number of imidazole rings is 1. The van der Waals surface area contributed by atoms with Gasteiger partial charge in [-0.2, -0.15) is 0 Å². The molecule has 0 spiro atoms. The second-order valence-corrected chi connectivity index (χ2v) is 9.84. The van der Waals surface area contributed by atoms with E-state index >= 15 is 0 Å². The monoisotopic (exact) mass is 494 g/mol. The lowest BCUT2D eigenvalue weighted by Crippen LogP contribution is -2.38. The van der Waals surface area contributed by atoms with Crippen LogP contribution in [-0.2, 0) is 16.1 Å². The van der Waals surface area contributed by atoms with Gasteiger partial charge in [0.1, 0.15) is 6.54 Å².